The lowest BCUT2D eigenvalue weighted by molar-refractivity contribution is -0.142. The molecule has 1 amide bonds. The van der Waals surface area contributed by atoms with Gasteiger partial charge in [-0.2, -0.15) is 0 Å². The fourth-order valence-electron chi connectivity index (χ4n) is 2.59. The van der Waals surface area contributed by atoms with Gasteiger partial charge in [-0.25, -0.2) is 0 Å². The molecule has 17 heavy (non-hydrogen) atoms. The van der Waals surface area contributed by atoms with Gasteiger partial charge in [0.2, 0.25) is 5.91 Å². The fraction of sp³-hybridized carbons (Fsp3) is 0.833. The van der Waals surface area contributed by atoms with E-state index < -0.39 is 5.97 Å². The first kappa shape index (κ1) is 12.4. The number of carbonyl (C=O) groups excluding carboxylic acids is 1. The van der Waals surface area contributed by atoms with E-state index in [0.717, 1.165) is 32.1 Å². The molecule has 0 aromatic rings. The summed E-state index contributed by atoms with van der Waals surface area (Å²) in [5, 5.41) is 11.7. The maximum atomic E-state index is 11.7. The molecule has 5 nitrogen and oxygen atoms in total. The summed E-state index contributed by atoms with van der Waals surface area (Å²) in [5.41, 5.74) is -0.208. The van der Waals surface area contributed by atoms with E-state index in [0.29, 0.717) is 13.2 Å². The van der Waals surface area contributed by atoms with Crippen LogP contribution in [-0.2, 0) is 14.3 Å². The van der Waals surface area contributed by atoms with Crippen LogP contribution in [0.25, 0.3) is 0 Å². The van der Waals surface area contributed by atoms with Crippen molar-refractivity contribution in [1.29, 1.82) is 0 Å². The smallest absolute Gasteiger partial charge is 0.303 e. The Labute approximate surface area is 101 Å². The second-order valence-corrected chi connectivity index (χ2v) is 5.14. The van der Waals surface area contributed by atoms with E-state index in [-0.39, 0.29) is 23.8 Å². The molecule has 2 rings (SSSR count). The van der Waals surface area contributed by atoms with E-state index >= 15 is 0 Å². The molecule has 1 aliphatic carbocycles. The summed E-state index contributed by atoms with van der Waals surface area (Å²) >= 11 is 0. The first-order valence-electron chi connectivity index (χ1n) is 6.22. The molecule has 1 atom stereocenters. The number of carbonyl (C=O) groups is 2. The zero-order valence-electron chi connectivity index (χ0n) is 9.91. The first-order chi connectivity index (χ1) is 8.11. The van der Waals surface area contributed by atoms with Crippen molar-refractivity contribution in [3.8, 4) is 0 Å². The van der Waals surface area contributed by atoms with E-state index in [9.17, 15) is 9.59 Å². The Morgan fingerprint density at radius 1 is 1.35 bits per heavy atom. The molecule has 2 aliphatic rings. The lowest BCUT2D eigenvalue weighted by Gasteiger charge is -2.41. The summed E-state index contributed by atoms with van der Waals surface area (Å²) < 4.78 is 5.28. The largest absolute Gasteiger partial charge is 0.481 e. The molecule has 1 aliphatic heterocycles. The summed E-state index contributed by atoms with van der Waals surface area (Å²) in [6.45, 7) is 1.12. The number of carboxylic acid groups (broad SMARTS) is 1. The van der Waals surface area contributed by atoms with Gasteiger partial charge in [-0.1, -0.05) is 6.42 Å². The number of ether oxygens (including phenoxy) is 1. The van der Waals surface area contributed by atoms with Crippen LogP contribution in [0.4, 0.5) is 0 Å². The number of hydrogen-bond donors (Lipinski definition) is 2. The molecule has 2 N–H and O–H groups in total. The number of aliphatic carboxylic acids is 1. The Bertz CT molecular complexity index is 306. The van der Waals surface area contributed by atoms with Crippen molar-refractivity contribution in [2.24, 2.45) is 5.41 Å². The molecular formula is C12H19NO4. The Hall–Kier alpha value is -1.10. The topological polar surface area (TPSA) is 75.6 Å². The Morgan fingerprint density at radius 2 is 2.12 bits per heavy atom. The average molecular weight is 241 g/mol. The van der Waals surface area contributed by atoms with Crippen LogP contribution in [0.15, 0.2) is 0 Å². The van der Waals surface area contributed by atoms with E-state index in [1.54, 1.807) is 0 Å². The Balaban J connectivity index is 1.79. The SMILES string of the molecule is O=C(O)CC1(CNC(=O)C2CCCO2)CCC1. The maximum absolute atomic E-state index is 11.7. The molecule has 0 aromatic heterocycles. The van der Waals surface area contributed by atoms with Crippen molar-refractivity contribution in [1.82, 2.24) is 5.32 Å². The van der Waals surface area contributed by atoms with Crippen LogP contribution in [0, 0.1) is 5.41 Å². The molecule has 0 aromatic carbocycles. The number of hydrogen-bond acceptors (Lipinski definition) is 3. The molecule has 5 heteroatoms. The minimum Gasteiger partial charge on any atom is -0.481 e. The highest BCUT2D eigenvalue weighted by Gasteiger charge is 2.39. The molecule has 0 radical (unpaired) electrons. The van der Waals surface area contributed by atoms with E-state index in [1.807, 2.05) is 0 Å². The predicted molar refractivity (Wildman–Crippen MR) is 60.5 cm³/mol. The molecule has 0 spiro atoms. The van der Waals surface area contributed by atoms with Crippen LogP contribution in [0.5, 0.6) is 0 Å². The standard InChI is InChI=1S/C12H19NO4/c14-10(15)7-12(4-2-5-12)8-13-11(16)9-3-1-6-17-9/h9H,1-8H2,(H,13,16)(H,14,15). The fourth-order valence-corrected chi connectivity index (χ4v) is 2.59. The van der Waals surface area contributed by atoms with Crippen molar-refractivity contribution in [2.45, 2.75) is 44.6 Å². The van der Waals surface area contributed by atoms with E-state index in [4.69, 9.17) is 9.84 Å². The van der Waals surface area contributed by atoms with Crippen LogP contribution in [0.1, 0.15) is 38.5 Å². The molecule has 0 bridgehead atoms. The molecule has 96 valence electrons. The average Bonchev–Trinajstić information content (AvgIpc) is 2.74. The van der Waals surface area contributed by atoms with Gasteiger partial charge in [-0.05, 0) is 31.1 Å². The van der Waals surface area contributed by atoms with E-state index in [2.05, 4.69) is 5.32 Å². The van der Waals surface area contributed by atoms with Crippen molar-refractivity contribution >= 4 is 11.9 Å². The predicted octanol–water partition coefficient (Wildman–Crippen LogP) is 0.927. The van der Waals surface area contributed by atoms with Gasteiger partial charge in [0.05, 0.1) is 6.42 Å². The number of amides is 1. The number of nitrogens with one attached hydrogen (secondary N) is 1. The van der Waals surface area contributed by atoms with Gasteiger partial charge < -0.3 is 15.2 Å². The van der Waals surface area contributed by atoms with Crippen LogP contribution in [0.2, 0.25) is 0 Å². The van der Waals surface area contributed by atoms with Gasteiger partial charge >= 0.3 is 5.97 Å². The van der Waals surface area contributed by atoms with Crippen molar-refractivity contribution in [3.63, 3.8) is 0 Å². The maximum Gasteiger partial charge on any atom is 0.303 e. The van der Waals surface area contributed by atoms with Gasteiger partial charge in [0.1, 0.15) is 6.10 Å². The second-order valence-electron chi connectivity index (χ2n) is 5.14. The van der Waals surface area contributed by atoms with Crippen LogP contribution >= 0.6 is 0 Å². The minimum atomic E-state index is -0.781. The molecule has 1 heterocycles. The second kappa shape index (κ2) is 5.04. The summed E-state index contributed by atoms with van der Waals surface area (Å²) in [6.07, 6.45) is 4.38. The quantitative estimate of drug-likeness (QED) is 0.750. The molecular weight excluding hydrogens is 222 g/mol. The van der Waals surface area contributed by atoms with Crippen molar-refractivity contribution < 1.29 is 19.4 Å². The Kier molecular flexibility index (Phi) is 3.66. The summed E-state index contributed by atoms with van der Waals surface area (Å²) in [5.74, 6) is -0.866. The summed E-state index contributed by atoms with van der Waals surface area (Å²) in [7, 11) is 0. The lowest BCUT2D eigenvalue weighted by Crippen LogP contribution is -2.46. The van der Waals surface area contributed by atoms with Crippen LogP contribution < -0.4 is 5.32 Å². The number of rotatable bonds is 5. The lowest BCUT2D eigenvalue weighted by atomic mass is 9.66. The normalized spacial score (nSPS) is 26.2. The molecule has 1 saturated heterocycles. The van der Waals surface area contributed by atoms with Gasteiger partial charge in [-0.3, -0.25) is 9.59 Å². The van der Waals surface area contributed by atoms with Gasteiger partial charge in [-0.15, -0.1) is 0 Å². The minimum absolute atomic E-state index is 0.0841. The summed E-state index contributed by atoms with van der Waals surface area (Å²) in [4.78, 5) is 22.5. The zero-order valence-corrected chi connectivity index (χ0v) is 9.91. The molecule has 2 fully saturated rings. The highest BCUT2D eigenvalue weighted by atomic mass is 16.5. The zero-order chi connectivity index (χ0) is 12.3. The van der Waals surface area contributed by atoms with Gasteiger partial charge in [0, 0.05) is 13.2 Å². The number of carboxylic acids is 1. The van der Waals surface area contributed by atoms with E-state index in [1.165, 1.54) is 0 Å². The Morgan fingerprint density at radius 3 is 2.59 bits per heavy atom. The highest BCUT2D eigenvalue weighted by molar-refractivity contribution is 5.81. The third kappa shape index (κ3) is 2.97. The molecule has 1 unspecified atom stereocenters. The third-order valence-electron chi connectivity index (χ3n) is 3.80. The monoisotopic (exact) mass is 241 g/mol. The molecule has 1 saturated carbocycles. The third-order valence-corrected chi connectivity index (χ3v) is 3.80. The summed E-state index contributed by atoms with van der Waals surface area (Å²) in [6, 6.07) is 0. The highest BCUT2D eigenvalue weighted by Crippen LogP contribution is 2.43. The van der Waals surface area contributed by atoms with Gasteiger partial charge in [0.25, 0.3) is 0 Å². The van der Waals surface area contributed by atoms with Crippen molar-refractivity contribution in [3.05, 3.63) is 0 Å². The van der Waals surface area contributed by atoms with Gasteiger partial charge in [0.15, 0.2) is 0 Å². The van der Waals surface area contributed by atoms with Crippen molar-refractivity contribution in [2.75, 3.05) is 13.2 Å². The first-order valence-corrected chi connectivity index (χ1v) is 6.22. The van der Waals surface area contributed by atoms with Crippen LogP contribution in [0.3, 0.4) is 0 Å². The van der Waals surface area contributed by atoms with Crippen LogP contribution in [-0.4, -0.2) is 36.2 Å².